The van der Waals surface area contributed by atoms with Crippen LogP contribution in [0.25, 0.3) is 21.5 Å². The van der Waals surface area contributed by atoms with E-state index in [9.17, 15) is 72.3 Å². The van der Waals surface area contributed by atoms with E-state index in [1.165, 1.54) is 30.3 Å². The molecule has 0 saturated heterocycles. The molecular formula is C37H28Cu2N4Na4O19S5. The van der Waals surface area contributed by atoms with Crippen molar-refractivity contribution in [3.63, 3.8) is 0 Å². The average Bonchev–Trinajstić information content (AvgIpc) is 3.21. The number of hydrogen-bond donors (Lipinski definition) is 5. The molecule has 0 aromatic heterocycles. The maximum atomic E-state index is 11.6. The molecule has 0 fully saturated rings. The van der Waals surface area contributed by atoms with Crippen LogP contribution in [0, 0.1) is 0 Å². The van der Waals surface area contributed by atoms with Gasteiger partial charge in [-0.25, -0.2) is 38.6 Å². The van der Waals surface area contributed by atoms with Crippen LogP contribution in [0.15, 0.2) is 143 Å². The standard InChI is InChI=1S/C19H16N2O8S2.C18H16N2O11S3.2Cu.4Na/c1-2-3-11-4-7-16(22)15(8-11)20-21-18-14-6-5-13(30(24,25)26)9-12(14)10-17(19(18)23)31(27,28)29;21-5-6-30-31-32-11-1-4-15(22)14(9-11)19-20-17-13-3-2-12(33(24,25)26)7-10(13)8-16(18(17)23)34(27,28)29;;;;;;/h2,4-10,22-23H,1,3H2,(H,24,25,26)(H,27,28,29);1-4,7-9,21-23H,5-6H2,(H,24,25,26)(H,27,28,29);;;;;;/q;;;;4*+1/p-4. The third-order valence-corrected chi connectivity index (χ3v) is 12.4. The molecule has 6 aromatic rings. The number of nitrogens with zero attached hydrogens (tertiary/aromatic N) is 4. The molecule has 0 bridgehead atoms. The van der Waals surface area contributed by atoms with Gasteiger partial charge in [-0.2, -0.15) is 4.33 Å². The predicted molar refractivity (Wildman–Crippen MR) is 222 cm³/mol. The minimum absolute atomic E-state index is 0. The summed E-state index contributed by atoms with van der Waals surface area (Å²) in [5.41, 5.74) is -0.424. The van der Waals surface area contributed by atoms with Gasteiger partial charge in [-0.15, -0.1) is 27.0 Å². The number of allylic oxidation sites excluding steroid dienone is 1. The third kappa shape index (κ3) is 19.4. The van der Waals surface area contributed by atoms with Gasteiger partial charge in [0.2, 0.25) is 0 Å². The molecule has 0 amide bonds. The Morgan fingerprint density at radius 1 is 0.563 bits per heavy atom. The second-order valence-corrected chi connectivity index (χ2v) is 19.0. The largest absolute Gasteiger partial charge is 1.00 e. The predicted octanol–water partition coefficient (Wildman–Crippen LogP) is -6.36. The average molecular weight is 1210 g/mol. The van der Waals surface area contributed by atoms with Crippen LogP contribution in [0.1, 0.15) is 5.56 Å². The number of aliphatic hydroxyl groups excluding tert-OH is 1. The van der Waals surface area contributed by atoms with Crippen LogP contribution in [-0.2, 0) is 90.3 Å². The van der Waals surface area contributed by atoms with Gasteiger partial charge in [-0.1, -0.05) is 24.3 Å². The van der Waals surface area contributed by atoms with Gasteiger partial charge in [0.1, 0.15) is 81.3 Å². The fourth-order valence-corrected chi connectivity index (χ4v) is 8.17. The molecule has 0 aliphatic heterocycles. The second-order valence-electron chi connectivity index (χ2n) is 12.8. The van der Waals surface area contributed by atoms with E-state index in [2.05, 4.69) is 31.9 Å². The van der Waals surface area contributed by atoms with E-state index in [0.717, 1.165) is 60.1 Å². The Morgan fingerprint density at radius 3 is 1.38 bits per heavy atom. The van der Waals surface area contributed by atoms with Crippen molar-refractivity contribution >= 4 is 96.8 Å². The number of fused-ring (bicyclic) bond motifs is 2. The van der Waals surface area contributed by atoms with Crippen LogP contribution in [0.3, 0.4) is 0 Å². The molecule has 2 radical (unpaired) electrons. The van der Waals surface area contributed by atoms with E-state index in [1.807, 2.05) is 0 Å². The van der Waals surface area contributed by atoms with Gasteiger partial charge in [-0.05, 0) is 89.5 Å². The molecule has 366 valence electrons. The fraction of sp³-hybridized carbons (Fsp3) is 0.0811. The fourth-order valence-electron chi connectivity index (χ4n) is 5.47. The zero-order valence-corrected chi connectivity index (χ0v) is 50.8. The monoisotopic (exact) mass is 1210 g/mol. The third-order valence-electron chi connectivity index (χ3n) is 8.40. The Morgan fingerprint density at radius 2 is 0.986 bits per heavy atom. The van der Waals surface area contributed by atoms with E-state index in [4.69, 9.17) is 9.44 Å². The van der Waals surface area contributed by atoms with Crippen LogP contribution in [-0.4, -0.2) is 90.6 Å². The molecule has 6 aromatic carbocycles. The smallest absolute Gasteiger partial charge is 0.744 e. The Labute approximate surface area is 519 Å². The zero-order valence-electron chi connectivity index (χ0n) is 36.9. The minimum atomic E-state index is -5.24. The molecule has 0 unspecified atom stereocenters. The molecule has 0 atom stereocenters. The number of rotatable bonds is 15. The van der Waals surface area contributed by atoms with Crippen LogP contribution >= 0.6 is 12.0 Å². The van der Waals surface area contributed by atoms with E-state index in [1.54, 1.807) is 12.1 Å². The van der Waals surface area contributed by atoms with E-state index >= 15 is 0 Å². The summed E-state index contributed by atoms with van der Waals surface area (Å²) in [4.78, 5) is 1.46. The van der Waals surface area contributed by atoms with E-state index < -0.39 is 82.9 Å². The molecular weight excluding hydrogens is 1180 g/mol. The first-order valence-electron chi connectivity index (χ1n) is 17.4. The molecule has 71 heavy (non-hydrogen) atoms. The molecule has 0 aliphatic rings. The number of phenolic OH excluding ortho intramolecular Hbond substituents is 4. The molecule has 0 heterocycles. The van der Waals surface area contributed by atoms with Gasteiger partial charge in [-0.3, -0.25) is 0 Å². The maximum Gasteiger partial charge on any atom is 1.00 e. The molecule has 34 heteroatoms. The van der Waals surface area contributed by atoms with E-state index in [0.29, 0.717) is 17.4 Å². The molecule has 0 saturated carbocycles. The Hall–Kier alpha value is -1.11. The Bertz CT molecular complexity index is 3400. The normalized spacial score (nSPS) is 11.5. The van der Waals surface area contributed by atoms with Crippen molar-refractivity contribution in [1.29, 1.82) is 0 Å². The number of azo groups is 2. The first-order valence-corrected chi connectivity index (χ1v) is 23.8. The zero-order chi connectivity index (χ0) is 48.1. The quantitative estimate of drug-likeness (QED) is 0.00933. The van der Waals surface area contributed by atoms with Crippen molar-refractivity contribution in [3.8, 4) is 23.0 Å². The topological polar surface area (TPSA) is 398 Å². The van der Waals surface area contributed by atoms with Crippen molar-refractivity contribution in [3.05, 3.63) is 103 Å². The van der Waals surface area contributed by atoms with Gasteiger partial charge >= 0.3 is 118 Å². The van der Waals surface area contributed by atoms with Gasteiger partial charge in [0, 0.05) is 49.8 Å². The van der Waals surface area contributed by atoms with Crippen molar-refractivity contribution < 1.29 is 239 Å². The number of benzene rings is 6. The van der Waals surface area contributed by atoms with Crippen molar-refractivity contribution in [2.75, 3.05) is 13.2 Å². The van der Waals surface area contributed by atoms with Gasteiger partial charge in [0.15, 0.2) is 11.5 Å². The SMILES string of the molecule is C=CCc1ccc(O)c(N=Nc2c(O)c(S(=O)(=O)[O-])cc3cc(S(=O)(=O)[O-])ccc23)c1.O=S(=O)([O-])c1ccc2c(N=Nc3cc(SOOCCO)ccc3O)c(O)c(S(=O)(=O)[O-])cc2c1.[Cu].[Cu].[Na+].[Na+].[Na+].[Na+]. The van der Waals surface area contributed by atoms with Crippen molar-refractivity contribution in [2.24, 2.45) is 20.5 Å². The minimum Gasteiger partial charge on any atom is -0.744 e. The van der Waals surface area contributed by atoms with Crippen LogP contribution in [0.5, 0.6) is 23.0 Å². The molecule has 23 nitrogen and oxygen atoms in total. The van der Waals surface area contributed by atoms with Crippen LogP contribution < -0.4 is 118 Å². The summed E-state index contributed by atoms with van der Waals surface area (Å²) in [6.07, 6.45) is 2.09. The van der Waals surface area contributed by atoms with Gasteiger partial charge in [0.25, 0.3) is 0 Å². The summed E-state index contributed by atoms with van der Waals surface area (Å²) in [5, 5.41) is 64.2. The summed E-state index contributed by atoms with van der Waals surface area (Å²) in [6, 6.07) is 15.6. The second kappa shape index (κ2) is 30.6. The van der Waals surface area contributed by atoms with Crippen molar-refractivity contribution in [2.45, 2.75) is 30.9 Å². The Balaban J connectivity index is 0. The summed E-state index contributed by atoms with van der Waals surface area (Å²) in [7, 11) is -20.2. The number of hydrogen-bond acceptors (Lipinski definition) is 24. The molecule has 5 N–H and O–H groups in total. The van der Waals surface area contributed by atoms with Gasteiger partial charge < -0.3 is 43.7 Å². The first kappa shape index (κ1) is 72.0. The molecule has 0 spiro atoms. The van der Waals surface area contributed by atoms with E-state index in [-0.39, 0.29) is 210 Å². The summed E-state index contributed by atoms with van der Waals surface area (Å²) >= 11 is 0.718. The number of aliphatic hydroxyl groups is 1. The molecule has 6 rings (SSSR count). The molecule has 0 aliphatic carbocycles. The summed E-state index contributed by atoms with van der Waals surface area (Å²) < 4.78 is 142. The van der Waals surface area contributed by atoms with Gasteiger partial charge in [0.05, 0.1) is 38.2 Å². The number of phenols is 4. The van der Waals surface area contributed by atoms with Crippen molar-refractivity contribution in [1.82, 2.24) is 0 Å². The Kier molecular flexibility index (Phi) is 31.0. The van der Waals surface area contributed by atoms with Crippen LogP contribution in [0.4, 0.5) is 22.7 Å². The summed E-state index contributed by atoms with van der Waals surface area (Å²) in [5.74, 6) is -2.69. The first-order chi connectivity index (χ1) is 30.3. The van der Waals surface area contributed by atoms with Crippen LogP contribution in [0.2, 0.25) is 0 Å². The maximum absolute atomic E-state index is 11.6. The summed E-state index contributed by atoms with van der Waals surface area (Å²) in [6.45, 7) is 3.25. The number of aromatic hydroxyl groups is 4.